The van der Waals surface area contributed by atoms with Gasteiger partial charge < -0.3 is 9.64 Å². The maximum atomic E-state index is 12.9. The molecule has 0 saturated carbocycles. The lowest BCUT2D eigenvalue weighted by Crippen LogP contribution is -2.39. The Morgan fingerprint density at radius 3 is 2.96 bits per heavy atom. The van der Waals surface area contributed by atoms with Crippen LogP contribution in [0.4, 0.5) is 0 Å². The summed E-state index contributed by atoms with van der Waals surface area (Å²) < 4.78 is 5.50. The molecule has 126 valence electrons. The van der Waals surface area contributed by atoms with Crippen LogP contribution in [0.15, 0.2) is 42.6 Å². The number of nitrogens with zero attached hydrogens (tertiary/aromatic N) is 2. The number of methoxy groups -OCH3 is 1. The Kier molecular flexibility index (Phi) is 5.14. The van der Waals surface area contributed by atoms with Gasteiger partial charge in [0.1, 0.15) is 5.75 Å². The molecule has 0 radical (unpaired) electrons. The van der Waals surface area contributed by atoms with Crippen molar-refractivity contribution in [1.82, 2.24) is 9.88 Å². The smallest absolute Gasteiger partial charge is 0.253 e. The molecule has 0 aliphatic carbocycles. The molecule has 1 saturated heterocycles. The van der Waals surface area contributed by atoms with E-state index in [0.717, 1.165) is 49.4 Å². The topological polar surface area (TPSA) is 42.4 Å². The molecule has 1 aliphatic heterocycles. The monoisotopic (exact) mass is 324 g/mol. The van der Waals surface area contributed by atoms with Gasteiger partial charge in [0.05, 0.1) is 7.11 Å². The Balaban J connectivity index is 1.79. The first kappa shape index (κ1) is 16.5. The van der Waals surface area contributed by atoms with Crippen LogP contribution in [0.1, 0.15) is 47.3 Å². The van der Waals surface area contributed by atoms with Crippen LogP contribution in [0.5, 0.6) is 5.75 Å². The molecule has 4 nitrogen and oxygen atoms in total. The Bertz CT molecular complexity index is 714. The maximum absolute atomic E-state index is 12.9. The fourth-order valence-corrected chi connectivity index (χ4v) is 3.41. The number of pyridine rings is 1. The number of aryl methyl sites for hydroxylation is 1. The number of ether oxygens (including phenoxy) is 1. The molecule has 0 spiro atoms. The highest BCUT2D eigenvalue weighted by molar-refractivity contribution is 5.94. The highest BCUT2D eigenvalue weighted by atomic mass is 16.5. The van der Waals surface area contributed by atoms with E-state index in [9.17, 15) is 4.79 Å². The lowest BCUT2D eigenvalue weighted by atomic mass is 9.89. The van der Waals surface area contributed by atoms with Gasteiger partial charge in [-0.2, -0.15) is 0 Å². The van der Waals surface area contributed by atoms with Gasteiger partial charge in [-0.05, 0) is 43.0 Å². The Hall–Kier alpha value is -2.36. The standard InChI is InChI=1S/C20H24N2O2/c1-3-17-13-15(10-11-21-17)20(23)22-12-6-7-16(14-22)18-8-4-5-9-19(18)24-2/h4-5,8-11,13,16H,3,6-7,12,14H2,1-2H3/t16-/m0/s1. The van der Waals surface area contributed by atoms with E-state index >= 15 is 0 Å². The average molecular weight is 324 g/mol. The fourth-order valence-electron chi connectivity index (χ4n) is 3.41. The van der Waals surface area contributed by atoms with Crippen molar-refractivity contribution in [1.29, 1.82) is 0 Å². The van der Waals surface area contributed by atoms with E-state index in [2.05, 4.69) is 18.0 Å². The van der Waals surface area contributed by atoms with Crippen LogP contribution < -0.4 is 4.74 Å². The number of carbonyl (C=O) groups excluding carboxylic acids is 1. The number of hydrogen-bond acceptors (Lipinski definition) is 3. The van der Waals surface area contributed by atoms with E-state index in [0.29, 0.717) is 5.92 Å². The van der Waals surface area contributed by atoms with E-state index in [4.69, 9.17) is 4.74 Å². The molecule has 2 heterocycles. The molecule has 1 atom stereocenters. The second-order valence-corrected chi connectivity index (χ2v) is 6.22. The summed E-state index contributed by atoms with van der Waals surface area (Å²) in [7, 11) is 1.70. The lowest BCUT2D eigenvalue weighted by Gasteiger charge is -2.33. The summed E-state index contributed by atoms with van der Waals surface area (Å²) in [5.74, 6) is 1.34. The van der Waals surface area contributed by atoms with Crippen molar-refractivity contribution in [2.75, 3.05) is 20.2 Å². The summed E-state index contributed by atoms with van der Waals surface area (Å²) in [6.45, 7) is 3.60. The first-order valence-electron chi connectivity index (χ1n) is 8.60. The number of likely N-dealkylation sites (tertiary alicyclic amines) is 1. The summed E-state index contributed by atoms with van der Waals surface area (Å²) in [6, 6.07) is 11.8. The number of amides is 1. The highest BCUT2D eigenvalue weighted by Gasteiger charge is 2.27. The number of para-hydroxylation sites is 1. The molecule has 1 aromatic heterocycles. The predicted octanol–water partition coefficient (Wildman–Crippen LogP) is 3.67. The van der Waals surface area contributed by atoms with Crippen molar-refractivity contribution >= 4 is 5.91 Å². The summed E-state index contributed by atoms with van der Waals surface area (Å²) in [4.78, 5) is 19.1. The van der Waals surface area contributed by atoms with Crippen LogP contribution in [-0.4, -0.2) is 36.0 Å². The molecule has 0 unspecified atom stereocenters. The third-order valence-electron chi connectivity index (χ3n) is 4.71. The molecule has 1 aromatic carbocycles. The molecular weight excluding hydrogens is 300 g/mol. The number of hydrogen-bond donors (Lipinski definition) is 0. The minimum atomic E-state index is 0.103. The van der Waals surface area contributed by atoms with Gasteiger partial charge in [0, 0.05) is 36.5 Å². The molecule has 4 heteroatoms. The van der Waals surface area contributed by atoms with Crippen molar-refractivity contribution in [3.05, 3.63) is 59.4 Å². The Morgan fingerprint density at radius 1 is 1.33 bits per heavy atom. The number of rotatable bonds is 4. The third-order valence-corrected chi connectivity index (χ3v) is 4.71. The molecule has 2 aromatic rings. The summed E-state index contributed by atoms with van der Waals surface area (Å²) in [6.07, 6.45) is 4.67. The zero-order chi connectivity index (χ0) is 16.9. The molecular formula is C20H24N2O2. The van der Waals surface area contributed by atoms with Crippen LogP contribution in [0.3, 0.4) is 0 Å². The summed E-state index contributed by atoms with van der Waals surface area (Å²) >= 11 is 0. The van der Waals surface area contributed by atoms with Crippen molar-refractivity contribution in [2.45, 2.75) is 32.1 Å². The predicted molar refractivity (Wildman–Crippen MR) is 94.5 cm³/mol. The van der Waals surface area contributed by atoms with Crippen LogP contribution in [-0.2, 0) is 6.42 Å². The zero-order valence-corrected chi connectivity index (χ0v) is 14.4. The summed E-state index contributed by atoms with van der Waals surface area (Å²) in [5, 5.41) is 0. The lowest BCUT2D eigenvalue weighted by molar-refractivity contribution is 0.0706. The van der Waals surface area contributed by atoms with E-state index in [-0.39, 0.29) is 5.91 Å². The minimum absolute atomic E-state index is 0.103. The van der Waals surface area contributed by atoms with E-state index in [1.54, 1.807) is 13.3 Å². The van der Waals surface area contributed by atoms with Crippen molar-refractivity contribution < 1.29 is 9.53 Å². The third kappa shape index (κ3) is 3.42. The van der Waals surface area contributed by atoms with E-state index < -0.39 is 0 Å². The first-order chi connectivity index (χ1) is 11.7. The van der Waals surface area contributed by atoms with Gasteiger partial charge in [0.15, 0.2) is 0 Å². The van der Waals surface area contributed by atoms with Crippen LogP contribution in [0.25, 0.3) is 0 Å². The van der Waals surface area contributed by atoms with E-state index in [1.807, 2.05) is 35.2 Å². The molecule has 1 fully saturated rings. The van der Waals surface area contributed by atoms with Crippen LogP contribution in [0, 0.1) is 0 Å². The molecule has 3 rings (SSSR count). The molecule has 24 heavy (non-hydrogen) atoms. The molecule has 0 N–H and O–H groups in total. The Morgan fingerprint density at radius 2 is 2.17 bits per heavy atom. The minimum Gasteiger partial charge on any atom is -0.496 e. The maximum Gasteiger partial charge on any atom is 0.253 e. The molecule has 1 aliphatic rings. The van der Waals surface area contributed by atoms with Crippen LogP contribution in [0.2, 0.25) is 0 Å². The second kappa shape index (κ2) is 7.47. The van der Waals surface area contributed by atoms with Gasteiger partial charge in [-0.15, -0.1) is 0 Å². The SMILES string of the molecule is CCc1cc(C(=O)N2CCC[C@H](c3ccccc3OC)C2)ccn1. The van der Waals surface area contributed by atoms with Gasteiger partial charge >= 0.3 is 0 Å². The summed E-state index contributed by atoms with van der Waals surface area (Å²) in [5.41, 5.74) is 2.89. The van der Waals surface area contributed by atoms with Crippen molar-refractivity contribution in [2.24, 2.45) is 0 Å². The number of carbonyl (C=O) groups is 1. The molecule has 1 amide bonds. The zero-order valence-electron chi connectivity index (χ0n) is 14.4. The van der Waals surface area contributed by atoms with Crippen molar-refractivity contribution in [3.8, 4) is 5.75 Å². The Labute approximate surface area is 143 Å². The second-order valence-electron chi connectivity index (χ2n) is 6.22. The largest absolute Gasteiger partial charge is 0.496 e. The first-order valence-corrected chi connectivity index (χ1v) is 8.60. The molecule has 0 bridgehead atoms. The highest BCUT2D eigenvalue weighted by Crippen LogP contribution is 2.33. The van der Waals surface area contributed by atoms with Gasteiger partial charge in [-0.3, -0.25) is 9.78 Å². The van der Waals surface area contributed by atoms with Gasteiger partial charge in [-0.1, -0.05) is 25.1 Å². The number of aromatic nitrogens is 1. The van der Waals surface area contributed by atoms with Crippen LogP contribution >= 0.6 is 0 Å². The van der Waals surface area contributed by atoms with Gasteiger partial charge in [0.25, 0.3) is 5.91 Å². The van der Waals surface area contributed by atoms with E-state index in [1.165, 1.54) is 5.56 Å². The average Bonchev–Trinajstić information content (AvgIpc) is 2.67. The van der Waals surface area contributed by atoms with Gasteiger partial charge in [-0.25, -0.2) is 0 Å². The van der Waals surface area contributed by atoms with Crippen molar-refractivity contribution in [3.63, 3.8) is 0 Å². The quantitative estimate of drug-likeness (QED) is 0.862. The van der Waals surface area contributed by atoms with Gasteiger partial charge in [0.2, 0.25) is 0 Å². The fraction of sp³-hybridized carbons (Fsp3) is 0.400. The number of piperidine rings is 1. The normalized spacial score (nSPS) is 17.6. The number of benzene rings is 1.